The standard InChI is InChI=1S/C15H15N3O3/c19-14(9-10-6-7-16-17-10)18-8-2-4-11-12(15(20)21)3-1-5-13(11)18/h1,3,5-7H,2,4,8-9H2,(H,16,17)(H,20,21). The number of hydrogen-bond donors (Lipinski definition) is 2. The molecule has 2 N–H and O–H groups in total. The Labute approximate surface area is 121 Å². The van der Waals surface area contributed by atoms with Crippen LogP contribution in [0.3, 0.4) is 0 Å². The third-order valence-corrected chi connectivity index (χ3v) is 3.68. The SMILES string of the molecule is O=C(O)c1cccc2c1CCCN2C(=O)Cc1ccn[nH]1. The second-order valence-corrected chi connectivity index (χ2v) is 5.02. The maximum atomic E-state index is 12.4. The Morgan fingerprint density at radius 1 is 1.33 bits per heavy atom. The van der Waals surface area contributed by atoms with Gasteiger partial charge in [0.1, 0.15) is 0 Å². The van der Waals surface area contributed by atoms with Gasteiger partial charge in [-0.15, -0.1) is 0 Å². The third-order valence-electron chi connectivity index (χ3n) is 3.68. The van der Waals surface area contributed by atoms with Gasteiger partial charge in [-0.1, -0.05) is 6.07 Å². The van der Waals surface area contributed by atoms with E-state index in [4.69, 9.17) is 0 Å². The molecule has 6 heteroatoms. The van der Waals surface area contributed by atoms with Crippen LogP contribution in [0.1, 0.15) is 28.0 Å². The second-order valence-electron chi connectivity index (χ2n) is 5.02. The first-order chi connectivity index (χ1) is 10.2. The van der Waals surface area contributed by atoms with Gasteiger partial charge in [-0.2, -0.15) is 5.10 Å². The largest absolute Gasteiger partial charge is 0.478 e. The first-order valence-electron chi connectivity index (χ1n) is 6.80. The van der Waals surface area contributed by atoms with E-state index in [-0.39, 0.29) is 17.9 Å². The lowest BCUT2D eigenvalue weighted by Gasteiger charge is -2.30. The van der Waals surface area contributed by atoms with Crippen molar-refractivity contribution in [2.75, 3.05) is 11.4 Å². The van der Waals surface area contributed by atoms with Crippen LogP contribution in [-0.4, -0.2) is 33.7 Å². The van der Waals surface area contributed by atoms with Crippen LogP contribution in [0.15, 0.2) is 30.5 Å². The van der Waals surface area contributed by atoms with Crippen molar-refractivity contribution in [3.8, 4) is 0 Å². The number of carbonyl (C=O) groups is 2. The molecule has 3 rings (SSSR count). The molecule has 0 atom stereocenters. The topological polar surface area (TPSA) is 86.3 Å². The van der Waals surface area contributed by atoms with E-state index in [1.807, 2.05) is 6.07 Å². The highest BCUT2D eigenvalue weighted by Gasteiger charge is 2.26. The summed E-state index contributed by atoms with van der Waals surface area (Å²) in [4.78, 5) is 25.4. The molecule has 1 aliphatic rings. The van der Waals surface area contributed by atoms with E-state index < -0.39 is 5.97 Å². The Kier molecular flexibility index (Phi) is 3.43. The van der Waals surface area contributed by atoms with Gasteiger partial charge < -0.3 is 10.0 Å². The van der Waals surface area contributed by atoms with E-state index in [1.54, 1.807) is 29.3 Å². The number of carbonyl (C=O) groups excluding carboxylic acids is 1. The summed E-state index contributed by atoms with van der Waals surface area (Å²) >= 11 is 0. The Morgan fingerprint density at radius 2 is 2.19 bits per heavy atom. The number of anilines is 1. The van der Waals surface area contributed by atoms with Gasteiger partial charge in [0.05, 0.1) is 12.0 Å². The monoisotopic (exact) mass is 285 g/mol. The summed E-state index contributed by atoms with van der Waals surface area (Å²) in [6, 6.07) is 6.84. The zero-order valence-electron chi connectivity index (χ0n) is 11.4. The second kappa shape index (κ2) is 5.40. The van der Waals surface area contributed by atoms with E-state index in [0.29, 0.717) is 18.7 Å². The molecule has 1 aromatic heterocycles. The molecule has 0 saturated carbocycles. The number of carboxylic acid groups (broad SMARTS) is 1. The van der Waals surface area contributed by atoms with Crippen LogP contribution < -0.4 is 4.90 Å². The Hall–Kier alpha value is -2.63. The number of hydrogen-bond acceptors (Lipinski definition) is 3. The maximum absolute atomic E-state index is 12.4. The van der Waals surface area contributed by atoms with Crippen LogP contribution in [0, 0.1) is 0 Å². The summed E-state index contributed by atoms with van der Waals surface area (Å²) in [6.07, 6.45) is 3.30. The van der Waals surface area contributed by atoms with Gasteiger partial charge in [0.25, 0.3) is 0 Å². The molecule has 0 spiro atoms. The summed E-state index contributed by atoms with van der Waals surface area (Å²) in [6.45, 7) is 0.614. The lowest BCUT2D eigenvalue weighted by atomic mass is 9.96. The zero-order chi connectivity index (χ0) is 14.8. The molecule has 0 aliphatic carbocycles. The molecule has 0 unspecified atom stereocenters. The van der Waals surface area contributed by atoms with Crippen molar-refractivity contribution in [3.63, 3.8) is 0 Å². The van der Waals surface area contributed by atoms with Crippen LogP contribution in [0.4, 0.5) is 5.69 Å². The quantitative estimate of drug-likeness (QED) is 0.897. The van der Waals surface area contributed by atoms with Crippen molar-refractivity contribution < 1.29 is 14.7 Å². The van der Waals surface area contributed by atoms with E-state index in [1.165, 1.54) is 0 Å². The number of fused-ring (bicyclic) bond motifs is 1. The van der Waals surface area contributed by atoms with Crippen LogP contribution >= 0.6 is 0 Å². The van der Waals surface area contributed by atoms with Gasteiger partial charge in [0.2, 0.25) is 5.91 Å². The lowest BCUT2D eigenvalue weighted by molar-refractivity contribution is -0.118. The van der Waals surface area contributed by atoms with Gasteiger partial charge >= 0.3 is 5.97 Å². The zero-order valence-corrected chi connectivity index (χ0v) is 11.4. The normalized spacial score (nSPS) is 13.8. The fourth-order valence-electron chi connectivity index (χ4n) is 2.73. The highest BCUT2D eigenvalue weighted by molar-refractivity contribution is 5.99. The molecule has 108 valence electrons. The predicted octanol–water partition coefficient (Wildman–Crippen LogP) is 1.63. The summed E-state index contributed by atoms with van der Waals surface area (Å²) in [5.74, 6) is -1.00. The van der Waals surface area contributed by atoms with Crippen LogP contribution in [0.2, 0.25) is 0 Å². The van der Waals surface area contributed by atoms with Gasteiger partial charge in [0.15, 0.2) is 0 Å². The number of nitrogens with zero attached hydrogens (tertiary/aromatic N) is 2. The van der Waals surface area contributed by atoms with E-state index in [0.717, 1.165) is 17.7 Å². The van der Waals surface area contributed by atoms with Crippen LogP contribution in [-0.2, 0) is 17.6 Å². The molecule has 1 amide bonds. The Morgan fingerprint density at radius 3 is 2.90 bits per heavy atom. The molecular formula is C15H15N3O3. The number of aromatic amines is 1. The van der Waals surface area contributed by atoms with Crippen LogP contribution in [0.25, 0.3) is 0 Å². The molecule has 0 saturated heterocycles. The third kappa shape index (κ3) is 2.52. The van der Waals surface area contributed by atoms with Crippen molar-refractivity contribution in [2.45, 2.75) is 19.3 Å². The Bertz CT molecular complexity index is 679. The minimum Gasteiger partial charge on any atom is -0.478 e. The van der Waals surface area contributed by atoms with Crippen molar-refractivity contribution in [2.24, 2.45) is 0 Å². The fourth-order valence-corrected chi connectivity index (χ4v) is 2.73. The summed E-state index contributed by atoms with van der Waals surface area (Å²) in [5, 5.41) is 15.9. The van der Waals surface area contributed by atoms with E-state index in [2.05, 4.69) is 10.2 Å². The fraction of sp³-hybridized carbons (Fsp3) is 0.267. The molecule has 2 heterocycles. The smallest absolute Gasteiger partial charge is 0.336 e. The van der Waals surface area contributed by atoms with Crippen molar-refractivity contribution in [1.82, 2.24) is 10.2 Å². The minimum absolute atomic E-state index is 0.0530. The van der Waals surface area contributed by atoms with Crippen molar-refractivity contribution in [1.29, 1.82) is 0 Å². The van der Waals surface area contributed by atoms with Gasteiger partial charge in [-0.3, -0.25) is 9.89 Å². The van der Waals surface area contributed by atoms with Gasteiger partial charge in [0, 0.05) is 24.1 Å². The molecule has 1 aliphatic heterocycles. The number of H-pyrrole nitrogens is 1. The lowest BCUT2D eigenvalue weighted by Crippen LogP contribution is -2.37. The van der Waals surface area contributed by atoms with E-state index >= 15 is 0 Å². The van der Waals surface area contributed by atoms with Crippen LogP contribution in [0.5, 0.6) is 0 Å². The van der Waals surface area contributed by atoms with Crippen molar-refractivity contribution in [3.05, 3.63) is 47.3 Å². The average molecular weight is 285 g/mol. The number of nitrogens with one attached hydrogen (secondary N) is 1. The number of amides is 1. The first kappa shape index (κ1) is 13.4. The highest BCUT2D eigenvalue weighted by Crippen LogP contribution is 2.30. The maximum Gasteiger partial charge on any atom is 0.336 e. The Balaban J connectivity index is 1.92. The highest BCUT2D eigenvalue weighted by atomic mass is 16.4. The summed E-state index contributed by atoms with van der Waals surface area (Å²) in [5.41, 5.74) is 2.49. The predicted molar refractivity (Wildman–Crippen MR) is 76.4 cm³/mol. The summed E-state index contributed by atoms with van der Waals surface area (Å²) < 4.78 is 0. The average Bonchev–Trinajstić information content (AvgIpc) is 2.98. The van der Waals surface area contributed by atoms with Gasteiger partial charge in [-0.05, 0) is 36.6 Å². The molecular weight excluding hydrogens is 270 g/mol. The van der Waals surface area contributed by atoms with E-state index in [9.17, 15) is 14.7 Å². The minimum atomic E-state index is -0.949. The summed E-state index contributed by atoms with van der Waals surface area (Å²) in [7, 11) is 0. The van der Waals surface area contributed by atoms with Crippen molar-refractivity contribution >= 4 is 17.6 Å². The molecule has 1 aromatic carbocycles. The molecule has 0 bridgehead atoms. The molecule has 2 aromatic rings. The van der Waals surface area contributed by atoms with Gasteiger partial charge in [-0.25, -0.2) is 4.79 Å². The molecule has 6 nitrogen and oxygen atoms in total. The molecule has 0 fully saturated rings. The molecule has 21 heavy (non-hydrogen) atoms. The first-order valence-corrected chi connectivity index (χ1v) is 6.80. The number of aromatic nitrogens is 2. The number of aromatic carboxylic acids is 1. The number of rotatable bonds is 3. The number of benzene rings is 1. The number of carboxylic acids is 1. The molecule has 0 radical (unpaired) electrons.